The maximum Gasteiger partial charge on any atom is 0.191 e. The Labute approximate surface area is 143 Å². The van der Waals surface area contributed by atoms with E-state index in [1.807, 2.05) is 7.05 Å². The van der Waals surface area contributed by atoms with Gasteiger partial charge in [-0.15, -0.1) is 0 Å². The summed E-state index contributed by atoms with van der Waals surface area (Å²) in [7, 11) is 7.81. The third-order valence-electron chi connectivity index (χ3n) is 3.99. The molecule has 0 saturated carbocycles. The number of hydrogen-bond donors (Lipinski definition) is 2. The summed E-state index contributed by atoms with van der Waals surface area (Å²) < 4.78 is 1.75. The first-order chi connectivity index (χ1) is 11.5. The molecule has 1 aromatic heterocycles. The molecule has 7 heteroatoms. The fourth-order valence-electron chi connectivity index (χ4n) is 2.44. The molecule has 1 atom stereocenters. The lowest BCUT2D eigenvalue weighted by molar-refractivity contribution is 0.298. The molecule has 2 N–H and O–H groups in total. The Morgan fingerprint density at radius 1 is 1.25 bits per heavy atom. The van der Waals surface area contributed by atoms with Gasteiger partial charge < -0.3 is 15.5 Å². The minimum Gasteiger partial charge on any atom is -0.354 e. The van der Waals surface area contributed by atoms with E-state index in [1.165, 1.54) is 11.1 Å². The van der Waals surface area contributed by atoms with Gasteiger partial charge in [0.15, 0.2) is 5.96 Å². The van der Waals surface area contributed by atoms with Gasteiger partial charge in [0.05, 0.1) is 12.6 Å². The first kappa shape index (κ1) is 17.9. The molecule has 7 nitrogen and oxygen atoms in total. The Balaban J connectivity index is 1.94. The normalized spacial score (nSPS) is 13.2. The molecule has 1 aromatic carbocycles. The molecule has 0 bridgehead atoms. The molecule has 0 aliphatic heterocycles. The van der Waals surface area contributed by atoms with Gasteiger partial charge in [-0.2, -0.15) is 5.10 Å². The summed E-state index contributed by atoms with van der Waals surface area (Å²) in [6.45, 7) is 3.44. The molecule has 0 saturated heterocycles. The van der Waals surface area contributed by atoms with Gasteiger partial charge in [0.25, 0.3) is 0 Å². The third kappa shape index (κ3) is 4.79. The van der Waals surface area contributed by atoms with E-state index in [0.29, 0.717) is 6.54 Å². The van der Waals surface area contributed by atoms with E-state index >= 15 is 0 Å². The van der Waals surface area contributed by atoms with Crippen LogP contribution in [0.1, 0.15) is 23.0 Å². The van der Waals surface area contributed by atoms with Crippen molar-refractivity contribution in [2.75, 3.05) is 27.7 Å². The summed E-state index contributed by atoms with van der Waals surface area (Å²) in [5.41, 5.74) is 2.55. The van der Waals surface area contributed by atoms with E-state index in [4.69, 9.17) is 0 Å². The molecule has 1 heterocycles. The zero-order valence-electron chi connectivity index (χ0n) is 15.1. The van der Waals surface area contributed by atoms with Crippen molar-refractivity contribution in [1.29, 1.82) is 0 Å². The first-order valence-corrected chi connectivity index (χ1v) is 8.01. The van der Waals surface area contributed by atoms with Crippen LogP contribution in [0.4, 0.5) is 0 Å². The first-order valence-electron chi connectivity index (χ1n) is 8.01. The molecular weight excluding hydrogens is 302 g/mol. The van der Waals surface area contributed by atoms with E-state index < -0.39 is 0 Å². The number of aromatic nitrogens is 3. The number of nitrogens with one attached hydrogen (secondary N) is 2. The lowest BCUT2D eigenvalue weighted by Crippen LogP contribution is -2.41. The maximum atomic E-state index is 4.27. The van der Waals surface area contributed by atoms with Crippen molar-refractivity contribution in [3.63, 3.8) is 0 Å². The van der Waals surface area contributed by atoms with Crippen LogP contribution in [0.25, 0.3) is 0 Å². The van der Waals surface area contributed by atoms with Crippen LogP contribution >= 0.6 is 0 Å². The molecule has 0 fully saturated rings. The van der Waals surface area contributed by atoms with E-state index in [0.717, 1.165) is 18.3 Å². The summed E-state index contributed by atoms with van der Waals surface area (Å²) >= 11 is 0. The van der Waals surface area contributed by atoms with E-state index in [-0.39, 0.29) is 6.04 Å². The predicted octanol–water partition coefficient (Wildman–Crippen LogP) is 1.09. The molecule has 1 unspecified atom stereocenters. The second-order valence-corrected chi connectivity index (χ2v) is 6.00. The van der Waals surface area contributed by atoms with E-state index in [9.17, 15) is 0 Å². The lowest BCUT2D eigenvalue weighted by Gasteiger charge is -2.26. The number of aryl methyl sites for hydroxylation is 2. The summed E-state index contributed by atoms with van der Waals surface area (Å²) in [5, 5.41) is 10.7. The number of aliphatic imine (C=N–C) groups is 1. The molecule has 130 valence electrons. The second-order valence-electron chi connectivity index (χ2n) is 6.00. The van der Waals surface area contributed by atoms with Crippen LogP contribution in [0.2, 0.25) is 0 Å². The van der Waals surface area contributed by atoms with Crippen molar-refractivity contribution in [2.24, 2.45) is 12.0 Å². The molecule has 0 spiro atoms. The number of guanidine groups is 1. The van der Waals surface area contributed by atoms with Crippen LogP contribution in [0.5, 0.6) is 0 Å². The fraction of sp³-hybridized carbons (Fsp3) is 0.471. The van der Waals surface area contributed by atoms with Crippen molar-refractivity contribution in [3.8, 4) is 0 Å². The highest BCUT2D eigenvalue weighted by molar-refractivity contribution is 5.79. The molecule has 24 heavy (non-hydrogen) atoms. The van der Waals surface area contributed by atoms with Crippen LogP contribution < -0.4 is 10.6 Å². The van der Waals surface area contributed by atoms with Gasteiger partial charge in [-0.1, -0.05) is 29.8 Å². The standard InChI is InChI=1S/C17H27N7/c1-13-6-8-14(9-7-13)15(23(3)4)10-19-17(18-2)20-11-16-21-12-22-24(16)5/h6-9,12,15H,10-11H2,1-5H3,(H2,18,19,20). The predicted molar refractivity (Wildman–Crippen MR) is 96.8 cm³/mol. The zero-order valence-corrected chi connectivity index (χ0v) is 15.1. The number of nitrogens with zero attached hydrogens (tertiary/aromatic N) is 5. The van der Waals surface area contributed by atoms with Crippen molar-refractivity contribution >= 4 is 5.96 Å². The van der Waals surface area contributed by atoms with Crippen LogP contribution in [0.15, 0.2) is 35.6 Å². The Kier molecular flexibility index (Phi) is 6.31. The highest BCUT2D eigenvalue weighted by atomic mass is 15.3. The topological polar surface area (TPSA) is 70.4 Å². The Bertz CT molecular complexity index is 658. The smallest absolute Gasteiger partial charge is 0.191 e. The highest BCUT2D eigenvalue weighted by Gasteiger charge is 2.14. The molecule has 2 rings (SSSR count). The summed E-state index contributed by atoms with van der Waals surface area (Å²) in [6, 6.07) is 8.91. The van der Waals surface area contributed by atoms with E-state index in [2.05, 4.69) is 75.9 Å². The van der Waals surface area contributed by atoms with Crippen molar-refractivity contribution in [3.05, 3.63) is 47.5 Å². The van der Waals surface area contributed by atoms with Crippen molar-refractivity contribution in [2.45, 2.75) is 19.5 Å². The van der Waals surface area contributed by atoms with Gasteiger partial charge in [-0.3, -0.25) is 9.67 Å². The van der Waals surface area contributed by atoms with Crippen LogP contribution in [0, 0.1) is 6.92 Å². The van der Waals surface area contributed by atoms with Crippen molar-refractivity contribution < 1.29 is 0 Å². The zero-order chi connectivity index (χ0) is 17.5. The van der Waals surface area contributed by atoms with Crippen LogP contribution in [-0.2, 0) is 13.6 Å². The highest BCUT2D eigenvalue weighted by Crippen LogP contribution is 2.17. The summed E-state index contributed by atoms with van der Waals surface area (Å²) in [6.07, 6.45) is 1.55. The van der Waals surface area contributed by atoms with Crippen LogP contribution in [-0.4, -0.2) is 53.3 Å². The number of benzene rings is 1. The Morgan fingerprint density at radius 3 is 2.50 bits per heavy atom. The average Bonchev–Trinajstić information content (AvgIpc) is 2.97. The van der Waals surface area contributed by atoms with Gasteiger partial charge >= 0.3 is 0 Å². The van der Waals surface area contributed by atoms with Gasteiger partial charge in [-0.05, 0) is 26.6 Å². The number of likely N-dealkylation sites (N-methyl/N-ethyl adjacent to an activating group) is 1. The quantitative estimate of drug-likeness (QED) is 0.613. The third-order valence-corrected chi connectivity index (χ3v) is 3.99. The molecule has 0 amide bonds. The summed E-state index contributed by atoms with van der Waals surface area (Å²) in [4.78, 5) is 10.7. The second kappa shape index (κ2) is 8.44. The van der Waals surface area contributed by atoms with Gasteiger partial charge in [0, 0.05) is 20.6 Å². The van der Waals surface area contributed by atoms with Crippen LogP contribution in [0.3, 0.4) is 0 Å². The number of hydrogen-bond acceptors (Lipinski definition) is 4. The largest absolute Gasteiger partial charge is 0.354 e. The average molecular weight is 329 g/mol. The maximum absolute atomic E-state index is 4.27. The SMILES string of the molecule is CN=C(NCc1ncnn1C)NCC(c1ccc(C)cc1)N(C)C. The molecule has 0 aliphatic carbocycles. The molecular formula is C17H27N7. The Morgan fingerprint density at radius 2 is 1.96 bits per heavy atom. The van der Waals surface area contributed by atoms with Gasteiger partial charge in [-0.25, -0.2) is 4.98 Å². The number of rotatable bonds is 6. The van der Waals surface area contributed by atoms with E-state index in [1.54, 1.807) is 18.1 Å². The van der Waals surface area contributed by atoms with Gasteiger partial charge in [0.1, 0.15) is 12.2 Å². The summed E-state index contributed by atoms with van der Waals surface area (Å²) in [5.74, 6) is 1.61. The Hall–Kier alpha value is -2.41. The fourth-order valence-corrected chi connectivity index (χ4v) is 2.44. The van der Waals surface area contributed by atoms with Crippen molar-refractivity contribution in [1.82, 2.24) is 30.3 Å². The molecule has 2 aromatic rings. The minimum atomic E-state index is 0.263. The minimum absolute atomic E-state index is 0.263. The molecule has 0 radical (unpaired) electrons. The van der Waals surface area contributed by atoms with Gasteiger partial charge in [0.2, 0.25) is 0 Å². The molecule has 0 aliphatic rings. The monoisotopic (exact) mass is 329 g/mol. The lowest BCUT2D eigenvalue weighted by atomic mass is 10.0.